The fraction of sp³-hybridized carbons (Fsp3) is 0.0769. The van der Waals surface area contributed by atoms with Crippen LogP contribution in [-0.4, -0.2) is 14.5 Å². The molecule has 6 heteroatoms. The number of thiophene rings is 1. The molecule has 3 heterocycles. The van der Waals surface area contributed by atoms with Gasteiger partial charge in [-0.2, -0.15) is 0 Å². The number of aromatic amines is 1. The van der Waals surface area contributed by atoms with Crippen LogP contribution < -0.4 is 5.56 Å². The largest absolute Gasteiger partial charge is 0.326 e. The molecule has 0 fully saturated rings. The number of pyridine rings is 1. The zero-order valence-corrected chi connectivity index (χ0v) is 11.8. The van der Waals surface area contributed by atoms with Gasteiger partial charge < -0.3 is 9.55 Å². The molecule has 0 aromatic carbocycles. The topological polar surface area (TPSA) is 50.7 Å². The maximum absolute atomic E-state index is 11.2. The molecule has 0 aliphatic carbocycles. The Morgan fingerprint density at radius 1 is 1.37 bits per heavy atom. The number of H-pyrrole nitrogens is 1. The Hall–Kier alpha value is -1.85. The van der Waals surface area contributed by atoms with Crippen molar-refractivity contribution in [2.24, 2.45) is 0 Å². The maximum atomic E-state index is 11.2. The molecule has 0 saturated carbocycles. The molecule has 0 aliphatic heterocycles. The second-order valence-electron chi connectivity index (χ2n) is 4.00. The molecule has 4 nitrogen and oxygen atoms in total. The normalized spacial score (nSPS) is 10.2. The number of imidazole rings is 1. The van der Waals surface area contributed by atoms with Crippen molar-refractivity contribution in [3.63, 3.8) is 0 Å². The number of aryl methyl sites for hydroxylation is 1. The lowest BCUT2D eigenvalue weighted by atomic mass is 10.1. The number of nitrogens with zero attached hydrogens (tertiary/aromatic N) is 2. The minimum atomic E-state index is -0.0670. The zero-order valence-electron chi connectivity index (χ0n) is 10.2. The van der Waals surface area contributed by atoms with Crippen LogP contribution >= 0.6 is 23.7 Å². The van der Waals surface area contributed by atoms with Crippen molar-refractivity contribution in [2.45, 2.75) is 6.92 Å². The van der Waals surface area contributed by atoms with Gasteiger partial charge in [-0.25, -0.2) is 4.98 Å². The number of nitrogens with one attached hydrogen (secondary N) is 1. The van der Waals surface area contributed by atoms with Crippen LogP contribution in [0.2, 0.25) is 0 Å². The fourth-order valence-electron chi connectivity index (χ4n) is 1.86. The van der Waals surface area contributed by atoms with Crippen molar-refractivity contribution in [3.8, 4) is 16.1 Å². The molecule has 0 unspecified atom stereocenters. The SMILES string of the molecule is Cc1[nH]c(=O)ccc1-c1cc(-n2ccnc2)cs1.Cl. The average molecular weight is 294 g/mol. The standard InChI is InChI=1S/C13H11N3OS.ClH/c1-9-11(2-3-13(17)15-9)12-6-10(7-18-12)16-5-4-14-8-16;/h2-8H,1H3,(H,15,17);1H. The number of halogens is 1. The molecular weight excluding hydrogens is 282 g/mol. The first-order valence-corrected chi connectivity index (χ1v) is 6.39. The second kappa shape index (κ2) is 5.42. The molecule has 0 atom stereocenters. The maximum Gasteiger partial charge on any atom is 0.248 e. The van der Waals surface area contributed by atoms with Gasteiger partial charge in [0.15, 0.2) is 0 Å². The second-order valence-corrected chi connectivity index (χ2v) is 4.91. The van der Waals surface area contributed by atoms with E-state index in [1.165, 1.54) is 0 Å². The Labute approximate surface area is 120 Å². The van der Waals surface area contributed by atoms with E-state index in [2.05, 4.69) is 21.4 Å². The average Bonchev–Trinajstić information content (AvgIpc) is 2.99. The van der Waals surface area contributed by atoms with E-state index < -0.39 is 0 Å². The van der Waals surface area contributed by atoms with Crippen LogP contribution in [0.15, 0.2) is 47.1 Å². The minimum absolute atomic E-state index is 0. The summed E-state index contributed by atoms with van der Waals surface area (Å²) in [7, 11) is 0. The Morgan fingerprint density at radius 3 is 2.89 bits per heavy atom. The molecule has 0 radical (unpaired) electrons. The molecule has 0 amide bonds. The smallest absolute Gasteiger partial charge is 0.248 e. The molecule has 0 spiro atoms. The van der Waals surface area contributed by atoms with E-state index in [-0.39, 0.29) is 18.0 Å². The summed E-state index contributed by atoms with van der Waals surface area (Å²) in [5.41, 5.74) is 2.97. The highest BCUT2D eigenvalue weighted by atomic mass is 35.5. The van der Waals surface area contributed by atoms with Crippen molar-refractivity contribution in [3.05, 3.63) is 58.3 Å². The minimum Gasteiger partial charge on any atom is -0.326 e. The van der Waals surface area contributed by atoms with Gasteiger partial charge in [0, 0.05) is 40.0 Å². The van der Waals surface area contributed by atoms with E-state index in [0.717, 1.165) is 21.8 Å². The lowest BCUT2D eigenvalue weighted by Gasteiger charge is -2.01. The Balaban J connectivity index is 0.00000133. The van der Waals surface area contributed by atoms with Gasteiger partial charge in [-0.15, -0.1) is 23.7 Å². The highest BCUT2D eigenvalue weighted by Gasteiger charge is 2.07. The van der Waals surface area contributed by atoms with Crippen LogP contribution in [-0.2, 0) is 0 Å². The molecule has 0 saturated heterocycles. The Kier molecular flexibility index (Phi) is 3.87. The number of rotatable bonds is 2. The lowest BCUT2D eigenvalue weighted by molar-refractivity contribution is 1.07. The van der Waals surface area contributed by atoms with E-state index in [1.807, 2.05) is 23.8 Å². The summed E-state index contributed by atoms with van der Waals surface area (Å²) in [6, 6.07) is 5.50. The van der Waals surface area contributed by atoms with Gasteiger partial charge in [0.2, 0.25) is 5.56 Å². The van der Waals surface area contributed by atoms with Gasteiger partial charge in [0.25, 0.3) is 0 Å². The van der Waals surface area contributed by atoms with Gasteiger partial charge in [-0.3, -0.25) is 4.79 Å². The van der Waals surface area contributed by atoms with E-state index in [1.54, 1.807) is 29.9 Å². The Bertz CT molecular complexity index is 730. The van der Waals surface area contributed by atoms with Crippen molar-refractivity contribution in [1.82, 2.24) is 14.5 Å². The molecule has 1 N–H and O–H groups in total. The first-order chi connectivity index (χ1) is 8.74. The summed E-state index contributed by atoms with van der Waals surface area (Å²) < 4.78 is 1.96. The predicted octanol–water partition coefficient (Wildman–Crippen LogP) is 3.02. The molecule has 3 aromatic heterocycles. The molecule has 0 bridgehead atoms. The van der Waals surface area contributed by atoms with E-state index >= 15 is 0 Å². The monoisotopic (exact) mass is 293 g/mol. The highest BCUT2D eigenvalue weighted by Crippen LogP contribution is 2.29. The van der Waals surface area contributed by atoms with E-state index in [4.69, 9.17) is 0 Å². The fourth-order valence-corrected chi connectivity index (χ4v) is 2.83. The van der Waals surface area contributed by atoms with Gasteiger partial charge in [-0.1, -0.05) is 0 Å². The predicted molar refractivity (Wildman–Crippen MR) is 79.5 cm³/mol. The lowest BCUT2D eigenvalue weighted by Crippen LogP contribution is -2.05. The summed E-state index contributed by atoms with van der Waals surface area (Å²) in [5.74, 6) is 0. The first-order valence-electron chi connectivity index (χ1n) is 5.51. The van der Waals surface area contributed by atoms with Crippen molar-refractivity contribution in [2.75, 3.05) is 0 Å². The van der Waals surface area contributed by atoms with Gasteiger partial charge in [-0.05, 0) is 19.1 Å². The van der Waals surface area contributed by atoms with Crippen molar-refractivity contribution in [1.29, 1.82) is 0 Å². The third-order valence-electron chi connectivity index (χ3n) is 2.77. The number of aromatic nitrogens is 3. The molecule has 3 rings (SSSR count). The molecule has 0 aliphatic rings. The summed E-state index contributed by atoms with van der Waals surface area (Å²) in [5, 5.41) is 2.07. The van der Waals surface area contributed by atoms with E-state index in [9.17, 15) is 4.79 Å². The van der Waals surface area contributed by atoms with Crippen LogP contribution in [0.4, 0.5) is 0 Å². The number of hydrogen-bond donors (Lipinski definition) is 1. The van der Waals surface area contributed by atoms with Gasteiger partial charge in [0.1, 0.15) is 0 Å². The van der Waals surface area contributed by atoms with Crippen molar-refractivity contribution < 1.29 is 0 Å². The van der Waals surface area contributed by atoms with Crippen molar-refractivity contribution >= 4 is 23.7 Å². The first kappa shape index (κ1) is 13.6. The quantitative estimate of drug-likeness (QED) is 0.789. The van der Waals surface area contributed by atoms with E-state index in [0.29, 0.717) is 0 Å². The van der Waals surface area contributed by atoms with Crippen LogP contribution in [0.25, 0.3) is 16.1 Å². The van der Waals surface area contributed by atoms with Crippen LogP contribution in [0.3, 0.4) is 0 Å². The third-order valence-corrected chi connectivity index (χ3v) is 3.72. The van der Waals surface area contributed by atoms with Crippen LogP contribution in [0, 0.1) is 6.92 Å². The summed E-state index contributed by atoms with van der Waals surface area (Å²) in [4.78, 5) is 19.2. The third kappa shape index (κ3) is 2.62. The molecule has 19 heavy (non-hydrogen) atoms. The summed E-state index contributed by atoms with van der Waals surface area (Å²) in [6.07, 6.45) is 5.43. The Morgan fingerprint density at radius 2 is 2.21 bits per heavy atom. The summed E-state index contributed by atoms with van der Waals surface area (Å²) >= 11 is 1.65. The molecule has 98 valence electrons. The molecule has 3 aromatic rings. The van der Waals surface area contributed by atoms with Gasteiger partial charge >= 0.3 is 0 Å². The summed E-state index contributed by atoms with van der Waals surface area (Å²) in [6.45, 7) is 1.91. The molecular formula is C13H12ClN3OS. The zero-order chi connectivity index (χ0) is 12.5. The highest BCUT2D eigenvalue weighted by molar-refractivity contribution is 7.13. The van der Waals surface area contributed by atoms with Gasteiger partial charge in [0.05, 0.1) is 12.0 Å². The van der Waals surface area contributed by atoms with Crippen LogP contribution in [0.1, 0.15) is 5.69 Å². The van der Waals surface area contributed by atoms with Crippen LogP contribution in [0.5, 0.6) is 0 Å². The number of hydrogen-bond acceptors (Lipinski definition) is 3.